The van der Waals surface area contributed by atoms with Crippen LogP contribution in [0.4, 0.5) is 0 Å². The van der Waals surface area contributed by atoms with Gasteiger partial charge in [0.2, 0.25) is 0 Å². The van der Waals surface area contributed by atoms with Crippen molar-refractivity contribution in [1.82, 2.24) is 4.90 Å². The molecule has 2 N–H and O–H groups in total. The molecule has 1 aliphatic rings. The van der Waals surface area contributed by atoms with Crippen LogP contribution in [-0.2, 0) is 4.74 Å². The van der Waals surface area contributed by atoms with Crippen LogP contribution in [-0.4, -0.2) is 43.8 Å². The Bertz CT molecular complexity index is 175. The molecule has 1 rings (SSSR count). The van der Waals surface area contributed by atoms with Crippen molar-refractivity contribution in [2.45, 2.75) is 45.6 Å². The van der Waals surface area contributed by atoms with E-state index in [1.807, 2.05) is 6.92 Å². The molecule has 0 heterocycles. The maximum Gasteiger partial charge on any atom is 0.0593 e. The van der Waals surface area contributed by atoms with Gasteiger partial charge in [0.05, 0.1) is 6.61 Å². The van der Waals surface area contributed by atoms with E-state index in [0.717, 1.165) is 32.8 Å². The highest BCUT2D eigenvalue weighted by Gasteiger charge is 2.23. The average Bonchev–Trinajstić information content (AvgIpc) is 2.30. The minimum atomic E-state index is 0.426. The summed E-state index contributed by atoms with van der Waals surface area (Å²) in [5.41, 5.74) is 6.18. The number of nitrogens with zero attached hydrogens (tertiary/aromatic N) is 1. The molecule has 0 aromatic carbocycles. The maximum atomic E-state index is 6.18. The van der Waals surface area contributed by atoms with Crippen molar-refractivity contribution in [1.29, 1.82) is 0 Å². The topological polar surface area (TPSA) is 38.5 Å². The molecule has 0 spiro atoms. The van der Waals surface area contributed by atoms with Crippen LogP contribution in [0, 0.1) is 5.92 Å². The number of likely N-dealkylation sites (N-methyl/N-ethyl adjacent to an activating group) is 1. The second-order valence-corrected chi connectivity index (χ2v) is 4.80. The summed E-state index contributed by atoms with van der Waals surface area (Å²) < 4.78 is 5.41. The smallest absolute Gasteiger partial charge is 0.0593 e. The van der Waals surface area contributed by atoms with E-state index in [4.69, 9.17) is 10.5 Å². The van der Waals surface area contributed by atoms with E-state index in [2.05, 4.69) is 11.8 Å². The van der Waals surface area contributed by atoms with Crippen LogP contribution in [0.3, 0.4) is 0 Å². The first-order valence-electron chi connectivity index (χ1n) is 6.83. The number of nitrogens with two attached hydrogens (primary N) is 1. The fourth-order valence-electron chi connectivity index (χ4n) is 2.51. The van der Waals surface area contributed by atoms with Crippen LogP contribution in [0.1, 0.15) is 39.5 Å². The van der Waals surface area contributed by atoms with E-state index in [0.29, 0.717) is 12.0 Å². The van der Waals surface area contributed by atoms with E-state index < -0.39 is 0 Å². The Labute approximate surface area is 100 Å². The molecule has 0 aromatic heterocycles. The predicted molar refractivity (Wildman–Crippen MR) is 68.5 cm³/mol. The lowest BCUT2D eigenvalue weighted by molar-refractivity contribution is 0.102. The van der Waals surface area contributed by atoms with Crippen molar-refractivity contribution in [3.05, 3.63) is 0 Å². The first-order valence-corrected chi connectivity index (χ1v) is 6.83. The van der Waals surface area contributed by atoms with Crippen LogP contribution < -0.4 is 5.73 Å². The summed E-state index contributed by atoms with van der Waals surface area (Å²) in [6.07, 6.45) is 5.21. The third-order valence-electron chi connectivity index (χ3n) is 3.66. The van der Waals surface area contributed by atoms with E-state index in [1.54, 1.807) is 0 Å². The lowest BCUT2D eigenvalue weighted by Gasteiger charge is -2.33. The highest BCUT2D eigenvalue weighted by atomic mass is 16.5. The number of ether oxygens (including phenoxy) is 1. The molecule has 0 bridgehead atoms. The molecule has 0 radical (unpaired) electrons. The number of rotatable bonds is 7. The van der Waals surface area contributed by atoms with Crippen molar-refractivity contribution in [3.63, 3.8) is 0 Å². The van der Waals surface area contributed by atoms with Gasteiger partial charge in [-0.05, 0) is 32.2 Å². The third-order valence-corrected chi connectivity index (χ3v) is 3.66. The van der Waals surface area contributed by atoms with E-state index in [1.165, 1.54) is 25.7 Å². The quantitative estimate of drug-likeness (QED) is 0.676. The van der Waals surface area contributed by atoms with Gasteiger partial charge >= 0.3 is 0 Å². The van der Waals surface area contributed by atoms with Crippen molar-refractivity contribution in [2.24, 2.45) is 11.7 Å². The molecule has 0 amide bonds. The zero-order valence-corrected chi connectivity index (χ0v) is 11.0. The van der Waals surface area contributed by atoms with Crippen LogP contribution in [0.2, 0.25) is 0 Å². The fourth-order valence-corrected chi connectivity index (χ4v) is 2.51. The molecule has 16 heavy (non-hydrogen) atoms. The molecule has 1 fully saturated rings. The Balaban J connectivity index is 2.24. The van der Waals surface area contributed by atoms with E-state index in [9.17, 15) is 0 Å². The molecule has 96 valence electrons. The lowest BCUT2D eigenvalue weighted by Crippen LogP contribution is -2.42. The molecule has 0 aliphatic heterocycles. The summed E-state index contributed by atoms with van der Waals surface area (Å²) in [6, 6.07) is 0.426. The Morgan fingerprint density at radius 3 is 2.62 bits per heavy atom. The molecule has 2 atom stereocenters. The minimum Gasteiger partial charge on any atom is -0.380 e. The summed E-state index contributed by atoms with van der Waals surface area (Å²) in [5.74, 6) is 0.704. The van der Waals surface area contributed by atoms with Crippen molar-refractivity contribution >= 4 is 0 Å². The van der Waals surface area contributed by atoms with Gasteiger partial charge in [-0.25, -0.2) is 0 Å². The van der Waals surface area contributed by atoms with Crippen LogP contribution in [0.15, 0.2) is 0 Å². The van der Waals surface area contributed by atoms with Crippen LogP contribution in [0.25, 0.3) is 0 Å². The summed E-state index contributed by atoms with van der Waals surface area (Å²) in [5, 5.41) is 0. The van der Waals surface area contributed by atoms with Gasteiger partial charge in [-0.1, -0.05) is 19.8 Å². The molecule has 1 aliphatic carbocycles. The first-order chi connectivity index (χ1) is 7.77. The molecule has 2 unspecified atom stereocenters. The predicted octanol–water partition coefficient (Wildman–Crippen LogP) is 1.86. The van der Waals surface area contributed by atoms with Gasteiger partial charge < -0.3 is 15.4 Å². The molecule has 3 heteroatoms. The Morgan fingerprint density at radius 2 is 2.00 bits per heavy atom. The molecular weight excluding hydrogens is 200 g/mol. The standard InChI is InChI=1S/C13H28N2O/c1-3-15(9-10-16-4-2)11-12-7-5-6-8-13(12)14/h12-13H,3-11,14H2,1-2H3. The number of hydrogen-bond donors (Lipinski definition) is 1. The van der Waals surface area contributed by atoms with Gasteiger partial charge in [-0.2, -0.15) is 0 Å². The molecule has 0 aromatic rings. The van der Waals surface area contributed by atoms with E-state index >= 15 is 0 Å². The summed E-state index contributed by atoms with van der Waals surface area (Å²) in [4.78, 5) is 2.48. The first kappa shape index (κ1) is 13.9. The van der Waals surface area contributed by atoms with Gasteiger partial charge in [0.15, 0.2) is 0 Å². The number of hydrogen-bond acceptors (Lipinski definition) is 3. The highest BCUT2D eigenvalue weighted by Crippen LogP contribution is 2.23. The van der Waals surface area contributed by atoms with Crippen LogP contribution in [0.5, 0.6) is 0 Å². The summed E-state index contributed by atoms with van der Waals surface area (Å²) in [7, 11) is 0. The van der Waals surface area contributed by atoms with Gasteiger partial charge in [-0.3, -0.25) is 0 Å². The lowest BCUT2D eigenvalue weighted by atomic mass is 9.85. The van der Waals surface area contributed by atoms with Crippen molar-refractivity contribution in [3.8, 4) is 0 Å². The summed E-state index contributed by atoms with van der Waals surface area (Å²) >= 11 is 0. The highest BCUT2D eigenvalue weighted by molar-refractivity contribution is 4.80. The van der Waals surface area contributed by atoms with E-state index in [-0.39, 0.29) is 0 Å². The zero-order chi connectivity index (χ0) is 11.8. The minimum absolute atomic E-state index is 0.426. The molecule has 3 nitrogen and oxygen atoms in total. The van der Waals surface area contributed by atoms with Crippen molar-refractivity contribution < 1.29 is 4.74 Å². The van der Waals surface area contributed by atoms with Gasteiger partial charge in [0.25, 0.3) is 0 Å². The largest absolute Gasteiger partial charge is 0.380 e. The summed E-state index contributed by atoms with van der Waals surface area (Å²) in [6.45, 7) is 9.26. The normalized spacial score (nSPS) is 26.2. The Hall–Kier alpha value is -0.120. The van der Waals surface area contributed by atoms with Crippen LogP contribution >= 0.6 is 0 Å². The zero-order valence-electron chi connectivity index (χ0n) is 11.0. The Kier molecular flexibility index (Phi) is 7.01. The fraction of sp³-hybridized carbons (Fsp3) is 1.00. The maximum absolute atomic E-state index is 6.18. The van der Waals surface area contributed by atoms with Crippen molar-refractivity contribution in [2.75, 3.05) is 32.8 Å². The van der Waals surface area contributed by atoms with Gasteiger partial charge in [-0.15, -0.1) is 0 Å². The molecule has 1 saturated carbocycles. The SMILES string of the molecule is CCOCCN(CC)CC1CCCCC1N. The second kappa shape index (κ2) is 8.04. The van der Waals surface area contributed by atoms with Gasteiger partial charge in [0.1, 0.15) is 0 Å². The molecular formula is C13H28N2O. The van der Waals surface area contributed by atoms with Gasteiger partial charge in [0, 0.05) is 25.7 Å². The second-order valence-electron chi connectivity index (χ2n) is 4.80. The Morgan fingerprint density at radius 1 is 1.25 bits per heavy atom. The monoisotopic (exact) mass is 228 g/mol. The average molecular weight is 228 g/mol. The molecule has 0 saturated heterocycles. The third kappa shape index (κ3) is 4.81.